The standard InChI is InChI=1S/C24H20N2O/c1-17(21-15-7-11-19-9-3-5-14-23(19)21)25-26-24(27)16-20-12-6-10-18-8-2-4-13-22(18)20/h2-15H,16H2,1H3,(H,26,27). The normalized spacial score (nSPS) is 11.7. The molecule has 0 aliphatic rings. The molecule has 4 rings (SSSR count). The van der Waals surface area contributed by atoms with Gasteiger partial charge in [0.15, 0.2) is 0 Å². The molecule has 0 radical (unpaired) electrons. The molecule has 1 N–H and O–H groups in total. The van der Waals surface area contributed by atoms with Gasteiger partial charge in [-0.05, 0) is 34.0 Å². The molecule has 1 amide bonds. The van der Waals surface area contributed by atoms with Crippen LogP contribution in [0.2, 0.25) is 0 Å². The second kappa shape index (κ2) is 7.42. The van der Waals surface area contributed by atoms with Crippen molar-refractivity contribution in [3.05, 3.63) is 96.1 Å². The van der Waals surface area contributed by atoms with Gasteiger partial charge in [0.25, 0.3) is 0 Å². The Morgan fingerprint density at radius 1 is 0.778 bits per heavy atom. The van der Waals surface area contributed by atoms with Crippen molar-refractivity contribution >= 4 is 33.2 Å². The van der Waals surface area contributed by atoms with Crippen LogP contribution in [-0.4, -0.2) is 11.6 Å². The topological polar surface area (TPSA) is 41.5 Å². The van der Waals surface area contributed by atoms with Crippen molar-refractivity contribution in [3.63, 3.8) is 0 Å². The van der Waals surface area contributed by atoms with E-state index >= 15 is 0 Å². The van der Waals surface area contributed by atoms with Gasteiger partial charge in [-0.15, -0.1) is 0 Å². The highest BCUT2D eigenvalue weighted by Crippen LogP contribution is 2.20. The molecule has 27 heavy (non-hydrogen) atoms. The lowest BCUT2D eigenvalue weighted by Gasteiger charge is -2.08. The number of hydrogen-bond donors (Lipinski definition) is 1. The highest BCUT2D eigenvalue weighted by atomic mass is 16.2. The Morgan fingerprint density at radius 2 is 1.37 bits per heavy atom. The Kier molecular flexibility index (Phi) is 4.67. The van der Waals surface area contributed by atoms with Crippen LogP contribution >= 0.6 is 0 Å². The zero-order valence-electron chi connectivity index (χ0n) is 15.1. The quantitative estimate of drug-likeness (QED) is 0.404. The lowest BCUT2D eigenvalue weighted by atomic mass is 10.0. The molecule has 132 valence electrons. The Labute approximate surface area is 158 Å². The van der Waals surface area contributed by atoms with Gasteiger partial charge in [0.05, 0.1) is 12.1 Å². The van der Waals surface area contributed by atoms with Crippen LogP contribution in [0, 0.1) is 0 Å². The summed E-state index contributed by atoms with van der Waals surface area (Å²) in [6, 6.07) is 28.4. The Morgan fingerprint density at radius 3 is 2.15 bits per heavy atom. The van der Waals surface area contributed by atoms with Crippen molar-refractivity contribution in [2.24, 2.45) is 5.10 Å². The predicted octanol–water partition coefficient (Wildman–Crippen LogP) is 5.08. The minimum Gasteiger partial charge on any atom is -0.273 e. The minimum atomic E-state index is -0.120. The van der Waals surface area contributed by atoms with Gasteiger partial charge >= 0.3 is 0 Å². The molecule has 0 saturated heterocycles. The Hall–Kier alpha value is -3.46. The molecule has 0 unspecified atom stereocenters. The molecule has 0 saturated carbocycles. The number of amides is 1. The van der Waals surface area contributed by atoms with Crippen LogP contribution in [0.25, 0.3) is 21.5 Å². The van der Waals surface area contributed by atoms with Crippen molar-refractivity contribution in [1.82, 2.24) is 5.43 Å². The molecule has 0 heterocycles. The summed E-state index contributed by atoms with van der Waals surface area (Å²) in [6.45, 7) is 1.92. The number of rotatable bonds is 4. The first-order valence-electron chi connectivity index (χ1n) is 9.00. The van der Waals surface area contributed by atoms with Gasteiger partial charge < -0.3 is 0 Å². The first-order chi connectivity index (χ1) is 13.2. The summed E-state index contributed by atoms with van der Waals surface area (Å²) in [6.07, 6.45) is 0.299. The third-order valence-electron chi connectivity index (χ3n) is 4.76. The molecule has 0 aliphatic carbocycles. The Balaban J connectivity index is 1.54. The molecule has 4 aromatic rings. The molecular formula is C24H20N2O. The monoisotopic (exact) mass is 352 g/mol. The molecule has 3 heteroatoms. The number of hydrogen-bond acceptors (Lipinski definition) is 2. The summed E-state index contributed by atoms with van der Waals surface area (Å²) in [5, 5.41) is 8.86. The van der Waals surface area contributed by atoms with Crippen molar-refractivity contribution in [2.45, 2.75) is 13.3 Å². The molecule has 0 aliphatic heterocycles. The second-order valence-corrected chi connectivity index (χ2v) is 6.57. The van der Waals surface area contributed by atoms with Crippen molar-refractivity contribution in [3.8, 4) is 0 Å². The van der Waals surface area contributed by atoms with Crippen molar-refractivity contribution in [2.75, 3.05) is 0 Å². The maximum Gasteiger partial charge on any atom is 0.244 e. The van der Waals surface area contributed by atoms with Crippen LogP contribution in [0.15, 0.2) is 90.0 Å². The maximum absolute atomic E-state index is 12.4. The van der Waals surface area contributed by atoms with Gasteiger partial charge in [-0.25, -0.2) is 5.43 Å². The van der Waals surface area contributed by atoms with Crippen molar-refractivity contribution in [1.29, 1.82) is 0 Å². The molecule has 3 nitrogen and oxygen atoms in total. The highest BCUT2D eigenvalue weighted by molar-refractivity contribution is 6.10. The van der Waals surface area contributed by atoms with E-state index in [9.17, 15) is 4.79 Å². The predicted molar refractivity (Wildman–Crippen MR) is 112 cm³/mol. The zero-order chi connectivity index (χ0) is 18.6. The van der Waals surface area contributed by atoms with Gasteiger partial charge in [0, 0.05) is 5.56 Å². The van der Waals surface area contributed by atoms with E-state index in [4.69, 9.17) is 0 Å². The first kappa shape index (κ1) is 17.0. The van der Waals surface area contributed by atoms with Crippen LogP contribution in [0.4, 0.5) is 0 Å². The van der Waals surface area contributed by atoms with Crippen LogP contribution < -0.4 is 5.43 Å². The number of hydrazone groups is 1. The van der Waals surface area contributed by atoms with Gasteiger partial charge in [-0.2, -0.15) is 5.10 Å². The number of nitrogens with one attached hydrogen (secondary N) is 1. The third kappa shape index (κ3) is 3.58. The number of fused-ring (bicyclic) bond motifs is 2. The molecule has 0 spiro atoms. The minimum absolute atomic E-state index is 0.120. The second-order valence-electron chi connectivity index (χ2n) is 6.57. The largest absolute Gasteiger partial charge is 0.273 e. The zero-order valence-corrected chi connectivity index (χ0v) is 15.1. The number of nitrogens with zero attached hydrogens (tertiary/aromatic N) is 1. The van der Waals surface area contributed by atoms with Gasteiger partial charge in [-0.3, -0.25) is 4.79 Å². The smallest absolute Gasteiger partial charge is 0.244 e. The van der Waals surface area contributed by atoms with Gasteiger partial charge in [0.1, 0.15) is 0 Å². The fourth-order valence-corrected chi connectivity index (χ4v) is 3.41. The molecule has 4 aromatic carbocycles. The van der Waals surface area contributed by atoms with Crippen LogP contribution in [0.1, 0.15) is 18.1 Å². The molecule has 0 fully saturated rings. The number of carbonyl (C=O) groups excluding carboxylic acids is 1. The van der Waals surface area contributed by atoms with E-state index in [2.05, 4.69) is 40.9 Å². The van der Waals surface area contributed by atoms with Gasteiger partial charge in [0.2, 0.25) is 5.91 Å². The lowest BCUT2D eigenvalue weighted by molar-refractivity contribution is -0.120. The van der Waals surface area contributed by atoms with E-state index in [0.29, 0.717) is 6.42 Å². The average molecular weight is 352 g/mol. The molecule has 0 aromatic heterocycles. The fourth-order valence-electron chi connectivity index (χ4n) is 3.41. The van der Waals surface area contributed by atoms with E-state index in [-0.39, 0.29) is 5.91 Å². The van der Waals surface area contributed by atoms with E-state index < -0.39 is 0 Å². The number of benzene rings is 4. The number of carbonyl (C=O) groups is 1. The molecular weight excluding hydrogens is 332 g/mol. The average Bonchev–Trinajstić information content (AvgIpc) is 2.72. The van der Waals surface area contributed by atoms with E-state index in [1.165, 1.54) is 0 Å². The molecule has 0 atom stereocenters. The molecule has 0 bridgehead atoms. The van der Waals surface area contributed by atoms with E-state index in [1.54, 1.807) is 0 Å². The summed E-state index contributed by atoms with van der Waals surface area (Å²) < 4.78 is 0. The summed E-state index contributed by atoms with van der Waals surface area (Å²) in [5.74, 6) is -0.120. The van der Waals surface area contributed by atoms with Crippen molar-refractivity contribution < 1.29 is 4.79 Å². The fraction of sp³-hybridized carbons (Fsp3) is 0.0833. The highest BCUT2D eigenvalue weighted by Gasteiger charge is 2.08. The summed E-state index contributed by atoms with van der Waals surface area (Å²) in [5.41, 5.74) is 5.53. The van der Waals surface area contributed by atoms with E-state index in [1.807, 2.05) is 61.5 Å². The Bertz CT molecular complexity index is 1150. The summed E-state index contributed by atoms with van der Waals surface area (Å²) in [7, 11) is 0. The van der Waals surface area contributed by atoms with Crippen LogP contribution in [0.5, 0.6) is 0 Å². The maximum atomic E-state index is 12.4. The summed E-state index contributed by atoms with van der Waals surface area (Å²) >= 11 is 0. The summed E-state index contributed by atoms with van der Waals surface area (Å²) in [4.78, 5) is 12.4. The van der Waals surface area contributed by atoms with Gasteiger partial charge in [-0.1, -0.05) is 84.9 Å². The van der Waals surface area contributed by atoms with Crippen LogP contribution in [-0.2, 0) is 11.2 Å². The van der Waals surface area contributed by atoms with Crippen LogP contribution in [0.3, 0.4) is 0 Å². The first-order valence-corrected chi connectivity index (χ1v) is 9.00. The third-order valence-corrected chi connectivity index (χ3v) is 4.76. The van der Waals surface area contributed by atoms with E-state index in [0.717, 1.165) is 38.4 Å². The lowest BCUT2D eigenvalue weighted by Crippen LogP contribution is -2.21. The SMILES string of the molecule is CC(=NNC(=O)Cc1cccc2ccccc12)c1cccc2ccccc12.